The maximum Gasteiger partial charge on any atom is 0.138 e. The van der Waals surface area contributed by atoms with Crippen LogP contribution < -0.4 is 10.5 Å². The van der Waals surface area contributed by atoms with Gasteiger partial charge in [0.05, 0.1) is 12.3 Å². The molecule has 0 aliphatic heterocycles. The van der Waals surface area contributed by atoms with E-state index in [4.69, 9.17) is 10.5 Å². The quantitative estimate of drug-likeness (QED) is 0.878. The van der Waals surface area contributed by atoms with Crippen molar-refractivity contribution in [2.45, 2.75) is 20.0 Å². The zero-order valence-corrected chi connectivity index (χ0v) is 9.92. The van der Waals surface area contributed by atoms with Gasteiger partial charge in [-0.2, -0.15) is 0 Å². The van der Waals surface area contributed by atoms with Gasteiger partial charge in [0, 0.05) is 23.5 Å². The van der Waals surface area contributed by atoms with Gasteiger partial charge in [-0.3, -0.25) is 4.98 Å². The zero-order chi connectivity index (χ0) is 12.3. The van der Waals surface area contributed by atoms with Crippen molar-refractivity contribution in [1.29, 1.82) is 0 Å². The fourth-order valence-electron chi connectivity index (χ4n) is 1.49. The van der Waals surface area contributed by atoms with Gasteiger partial charge < -0.3 is 10.5 Å². The molecule has 0 saturated heterocycles. The molecule has 0 spiro atoms. The molecule has 0 atom stereocenters. The molecule has 0 bridgehead atoms. The van der Waals surface area contributed by atoms with E-state index in [1.54, 1.807) is 24.7 Å². The number of pyridine rings is 2. The normalized spacial score (nSPS) is 10.5. The molecule has 2 aromatic heterocycles. The van der Waals surface area contributed by atoms with Crippen molar-refractivity contribution in [3.8, 4) is 16.9 Å². The third-order valence-corrected chi connectivity index (χ3v) is 2.20. The molecule has 2 aromatic rings. The molecule has 2 rings (SSSR count). The number of aromatic nitrogens is 2. The van der Waals surface area contributed by atoms with Gasteiger partial charge in [-0.25, -0.2) is 4.98 Å². The molecule has 2 heterocycles. The Labute approximate surface area is 100 Å². The number of nitrogen functional groups attached to an aromatic ring is 1. The standard InChI is InChI=1S/C13H15N3O/c1-9(2)17-12-5-11(6-15-8-12)10-3-4-13(14)16-7-10/h3-9H,1-2H3,(H2,14,16). The minimum Gasteiger partial charge on any atom is -0.489 e. The molecule has 0 aromatic carbocycles. The largest absolute Gasteiger partial charge is 0.489 e. The Morgan fingerprint density at radius 3 is 2.59 bits per heavy atom. The molecule has 0 radical (unpaired) electrons. The number of rotatable bonds is 3. The van der Waals surface area contributed by atoms with Crippen LogP contribution in [-0.4, -0.2) is 16.1 Å². The van der Waals surface area contributed by atoms with E-state index in [1.807, 2.05) is 26.0 Å². The second-order valence-corrected chi connectivity index (χ2v) is 4.05. The van der Waals surface area contributed by atoms with Crippen molar-refractivity contribution in [3.05, 3.63) is 36.8 Å². The van der Waals surface area contributed by atoms with Crippen LogP contribution in [0.3, 0.4) is 0 Å². The zero-order valence-electron chi connectivity index (χ0n) is 9.92. The summed E-state index contributed by atoms with van der Waals surface area (Å²) in [6.45, 7) is 3.97. The van der Waals surface area contributed by atoms with E-state index in [-0.39, 0.29) is 6.10 Å². The first-order valence-electron chi connectivity index (χ1n) is 5.49. The van der Waals surface area contributed by atoms with E-state index < -0.39 is 0 Å². The number of hydrogen-bond donors (Lipinski definition) is 1. The summed E-state index contributed by atoms with van der Waals surface area (Å²) in [6.07, 6.45) is 5.34. The van der Waals surface area contributed by atoms with E-state index in [0.29, 0.717) is 5.82 Å². The lowest BCUT2D eigenvalue weighted by molar-refractivity contribution is 0.241. The Kier molecular flexibility index (Phi) is 3.23. The van der Waals surface area contributed by atoms with E-state index in [1.165, 1.54) is 0 Å². The summed E-state index contributed by atoms with van der Waals surface area (Å²) in [5, 5.41) is 0. The highest BCUT2D eigenvalue weighted by molar-refractivity contribution is 5.63. The first-order chi connectivity index (χ1) is 8.15. The third kappa shape index (κ3) is 2.93. The topological polar surface area (TPSA) is 61.0 Å². The fraction of sp³-hybridized carbons (Fsp3) is 0.231. The fourth-order valence-corrected chi connectivity index (χ4v) is 1.49. The van der Waals surface area contributed by atoms with E-state index >= 15 is 0 Å². The highest BCUT2D eigenvalue weighted by Crippen LogP contribution is 2.22. The summed E-state index contributed by atoms with van der Waals surface area (Å²) in [7, 11) is 0. The average molecular weight is 229 g/mol. The van der Waals surface area contributed by atoms with Gasteiger partial charge in [0.25, 0.3) is 0 Å². The number of ether oxygens (including phenoxy) is 1. The first kappa shape index (κ1) is 11.4. The average Bonchev–Trinajstić information content (AvgIpc) is 2.29. The number of hydrogen-bond acceptors (Lipinski definition) is 4. The second-order valence-electron chi connectivity index (χ2n) is 4.05. The smallest absolute Gasteiger partial charge is 0.138 e. The second kappa shape index (κ2) is 4.82. The molecule has 0 fully saturated rings. The Morgan fingerprint density at radius 1 is 1.12 bits per heavy atom. The highest BCUT2D eigenvalue weighted by Gasteiger charge is 2.03. The molecular formula is C13H15N3O. The number of nitrogens with two attached hydrogens (primary N) is 1. The van der Waals surface area contributed by atoms with E-state index in [0.717, 1.165) is 16.9 Å². The Morgan fingerprint density at radius 2 is 1.94 bits per heavy atom. The van der Waals surface area contributed by atoms with Crippen LogP contribution in [0.15, 0.2) is 36.8 Å². The maximum absolute atomic E-state index is 5.59. The Balaban J connectivity index is 2.29. The maximum atomic E-state index is 5.59. The lowest BCUT2D eigenvalue weighted by Crippen LogP contribution is -2.05. The molecule has 0 saturated carbocycles. The van der Waals surface area contributed by atoms with Crippen molar-refractivity contribution < 1.29 is 4.74 Å². The molecular weight excluding hydrogens is 214 g/mol. The molecule has 0 unspecified atom stereocenters. The van der Waals surface area contributed by atoms with Gasteiger partial charge in [0.2, 0.25) is 0 Å². The monoisotopic (exact) mass is 229 g/mol. The predicted octanol–water partition coefficient (Wildman–Crippen LogP) is 2.51. The van der Waals surface area contributed by atoms with E-state index in [9.17, 15) is 0 Å². The lowest BCUT2D eigenvalue weighted by atomic mass is 10.1. The van der Waals surface area contributed by atoms with Crippen molar-refractivity contribution >= 4 is 5.82 Å². The van der Waals surface area contributed by atoms with Gasteiger partial charge >= 0.3 is 0 Å². The number of anilines is 1. The van der Waals surface area contributed by atoms with Crippen molar-refractivity contribution in [1.82, 2.24) is 9.97 Å². The van der Waals surface area contributed by atoms with Crippen LogP contribution >= 0.6 is 0 Å². The molecule has 2 N–H and O–H groups in total. The van der Waals surface area contributed by atoms with Gasteiger partial charge in [-0.15, -0.1) is 0 Å². The molecule has 0 amide bonds. The first-order valence-corrected chi connectivity index (χ1v) is 5.49. The van der Waals surface area contributed by atoms with Crippen molar-refractivity contribution in [2.75, 3.05) is 5.73 Å². The van der Waals surface area contributed by atoms with Crippen LogP contribution in [0.5, 0.6) is 5.75 Å². The highest BCUT2D eigenvalue weighted by atomic mass is 16.5. The van der Waals surface area contributed by atoms with E-state index in [2.05, 4.69) is 9.97 Å². The van der Waals surface area contributed by atoms with Crippen molar-refractivity contribution in [2.24, 2.45) is 0 Å². The van der Waals surface area contributed by atoms with Crippen molar-refractivity contribution in [3.63, 3.8) is 0 Å². The molecule has 4 nitrogen and oxygen atoms in total. The molecule has 4 heteroatoms. The summed E-state index contributed by atoms with van der Waals surface area (Å²) >= 11 is 0. The van der Waals surface area contributed by atoms with Crippen LogP contribution in [0.2, 0.25) is 0 Å². The molecule has 0 aliphatic rings. The Bertz CT molecular complexity index is 494. The van der Waals surface area contributed by atoms with Gasteiger partial charge in [0.15, 0.2) is 0 Å². The van der Waals surface area contributed by atoms with Crippen LogP contribution in [-0.2, 0) is 0 Å². The SMILES string of the molecule is CC(C)Oc1cncc(-c2ccc(N)nc2)c1. The van der Waals surface area contributed by atoms with Crippen LogP contribution in [0.25, 0.3) is 11.1 Å². The summed E-state index contributed by atoms with van der Waals surface area (Å²) in [5.74, 6) is 1.27. The molecule has 17 heavy (non-hydrogen) atoms. The van der Waals surface area contributed by atoms with Crippen LogP contribution in [0.4, 0.5) is 5.82 Å². The molecule has 0 aliphatic carbocycles. The van der Waals surface area contributed by atoms with Gasteiger partial charge in [-0.05, 0) is 32.0 Å². The summed E-state index contributed by atoms with van der Waals surface area (Å²) in [5.41, 5.74) is 7.49. The third-order valence-electron chi connectivity index (χ3n) is 2.20. The van der Waals surface area contributed by atoms with Crippen LogP contribution in [0, 0.1) is 0 Å². The number of nitrogens with zero attached hydrogens (tertiary/aromatic N) is 2. The summed E-state index contributed by atoms with van der Waals surface area (Å²) < 4.78 is 5.59. The predicted molar refractivity (Wildman–Crippen MR) is 67.6 cm³/mol. The lowest BCUT2D eigenvalue weighted by Gasteiger charge is -2.10. The van der Waals surface area contributed by atoms with Crippen LogP contribution in [0.1, 0.15) is 13.8 Å². The van der Waals surface area contributed by atoms with Gasteiger partial charge in [0.1, 0.15) is 11.6 Å². The molecule has 88 valence electrons. The minimum absolute atomic E-state index is 0.136. The summed E-state index contributed by atoms with van der Waals surface area (Å²) in [6, 6.07) is 5.63. The minimum atomic E-state index is 0.136. The Hall–Kier alpha value is -2.10. The summed E-state index contributed by atoms with van der Waals surface area (Å²) in [4.78, 5) is 8.21. The van der Waals surface area contributed by atoms with Gasteiger partial charge in [-0.1, -0.05) is 0 Å².